The quantitative estimate of drug-likeness (QED) is 0.845. The fraction of sp³-hybridized carbons (Fsp3) is 0.647. The van der Waals surface area contributed by atoms with Gasteiger partial charge in [0, 0.05) is 32.1 Å². The minimum absolute atomic E-state index is 0.0653. The van der Waals surface area contributed by atoms with Crippen LogP contribution >= 0.6 is 0 Å². The summed E-state index contributed by atoms with van der Waals surface area (Å²) in [6.07, 6.45) is 3.96. The van der Waals surface area contributed by atoms with Gasteiger partial charge in [0.2, 0.25) is 15.9 Å². The highest BCUT2D eigenvalue weighted by molar-refractivity contribution is 7.89. The van der Waals surface area contributed by atoms with Crippen molar-refractivity contribution in [2.45, 2.75) is 44.4 Å². The van der Waals surface area contributed by atoms with Gasteiger partial charge in [-0.2, -0.15) is 4.31 Å². The number of carboxylic acid groups (broad SMARTS) is 1. The van der Waals surface area contributed by atoms with E-state index in [4.69, 9.17) is 4.42 Å². The Balaban J connectivity index is 1.77. The first-order valence-electron chi connectivity index (χ1n) is 8.85. The maximum Gasteiger partial charge on any atom is 0.340 e. The highest BCUT2D eigenvalue weighted by Gasteiger charge is 2.38. The molecule has 1 aromatic rings. The predicted molar refractivity (Wildman–Crippen MR) is 92.4 cm³/mol. The highest BCUT2D eigenvalue weighted by atomic mass is 32.2. The van der Waals surface area contributed by atoms with Crippen molar-refractivity contribution in [3.63, 3.8) is 0 Å². The average Bonchev–Trinajstić information content (AvgIpc) is 3.22. The third-order valence-corrected chi connectivity index (χ3v) is 7.32. The zero-order chi connectivity index (χ0) is 19.1. The Labute approximate surface area is 152 Å². The monoisotopic (exact) mass is 384 g/mol. The van der Waals surface area contributed by atoms with Crippen LogP contribution in [0.4, 0.5) is 0 Å². The van der Waals surface area contributed by atoms with Crippen molar-refractivity contribution in [2.75, 3.05) is 26.2 Å². The molecule has 0 bridgehead atoms. The van der Waals surface area contributed by atoms with E-state index < -0.39 is 16.0 Å². The van der Waals surface area contributed by atoms with E-state index in [2.05, 4.69) is 0 Å². The van der Waals surface area contributed by atoms with Crippen LogP contribution < -0.4 is 0 Å². The Hall–Kier alpha value is -1.87. The highest BCUT2D eigenvalue weighted by Crippen LogP contribution is 2.31. The van der Waals surface area contributed by atoms with Crippen LogP contribution in [0.1, 0.15) is 47.6 Å². The topological polar surface area (TPSA) is 108 Å². The van der Waals surface area contributed by atoms with Crippen LogP contribution in [0.5, 0.6) is 0 Å². The van der Waals surface area contributed by atoms with E-state index in [9.17, 15) is 23.1 Å². The smallest absolute Gasteiger partial charge is 0.340 e. The summed E-state index contributed by atoms with van der Waals surface area (Å²) >= 11 is 0. The fourth-order valence-corrected chi connectivity index (χ4v) is 5.73. The number of nitrogens with zero attached hydrogens (tertiary/aromatic N) is 2. The number of sulfonamides is 1. The van der Waals surface area contributed by atoms with E-state index in [1.807, 2.05) is 0 Å². The van der Waals surface area contributed by atoms with Crippen molar-refractivity contribution in [1.82, 2.24) is 9.21 Å². The Kier molecular flexibility index (Phi) is 5.12. The Morgan fingerprint density at radius 2 is 1.62 bits per heavy atom. The minimum Gasteiger partial charge on any atom is -0.478 e. The second-order valence-electron chi connectivity index (χ2n) is 6.93. The van der Waals surface area contributed by atoms with E-state index in [-0.39, 0.29) is 46.9 Å². The molecular weight excluding hydrogens is 360 g/mol. The van der Waals surface area contributed by atoms with E-state index in [0.29, 0.717) is 13.1 Å². The van der Waals surface area contributed by atoms with E-state index in [1.165, 1.54) is 18.2 Å². The number of hydrogen-bond acceptors (Lipinski definition) is 5. The van der Waals surface area contributed by atoms with Crippen LogP contribution in [-0.4, -0.2) is 60.8 Å². The van der Waals surface area contributed by atoms with E-state index >= 15 is 0 Å². The molecule has 0 unspecified atom stereocenters. The first-order valence-corrected chi connectivity index (χ1v) is 10.3. The molecule has 1 aromatic heterocycles. The number of piperazine rings is 1. The molecular formula is C17H24N2O6S. The summed E-state index contributed by atoms with van der Waals surface area (Å²) in [7, 11) is -3.99. The second kappa shape index (κ2) is 7.03. The van der Waals surface area contributed by atoms with Crippen molar-refractivity contribution in [3.05, 3.63) is 17.1 Å². The van der Waals surface area contributed by atoms with Crippen molar-refractivity contribution in [1.29, 1.82) is 0 Å². The molecule has 1 saturated heterocycles. The molecule has 0 radical (unpaired) electrons. The van der Waals surface area contributed by atoms with Crippen LogP contribution in [-0.2, 0) is 14.8 Å². The standard InChI is InChI=1S/C17H24N2O6S/c1-11-14(17(21)22)15(12(2)25-11)26(23,24)19-9-7-18(8-10-19)16(20)13-5-3-4-6-13/h13H,3-10H2,1-2H3,(H,21,22). The molecule has 2 fully saturated rings. The van der Waals surface area contributed by atoms with Crippen molar-refractivity contribution in [3.8, 4) is 0 Å². The van der Waals surface area contributed by atoms with E-state index in [1.54, 1.807) is 4.90 Å². The van der Waals surface area contributed by atoms with Gasteiger partial charge in [0.1, 0.15) is 22.0 Å². The predicted octanol–water partition coefficient (Wildman–Crippen LogP) is 1.62. The molecule has 1 saturated carbocycles. The number of carbonyl (C=O) groups excluding carboxylic acids is 1. The van der Waals surface area contributed by atoms with Gasteiger partial charge in [0.05, 0.1) is 0 Å². The summed E-state index contributed by atoms with van der Waals surface area (Å²) in [5.74, 6) is -1.00. The van der Waals surface area contributed by atoms with Crippen molar-refractivity contribution in [2.24, 2.45) is 5.92 Å². The van der Waals surface area contributed by atoms with Crippen LogP contribution in [0.3, 0.4) is 0 Å². The Morgan fingerprint density at radius 3 is 2.15 bits per heavy atom. The number of carbonyl (C=O) groups is 2. The van der Waals surface area contributed by atoms with Crippen LogP contribution in [0.2, 0.25) is 0 Å². The molecule has 0 aromatic carbocycles. The maximum absolute atomic E-state index is 13.0. The molecule has 2 aliphatic rings. The maximum atomic E-state index is 13.0. The number of hydrogen-bond donors (Lipinski definition) is 1. The molecule has 144 valence electrons. The zero-order valence-corrected chi connectivity index (χ0v) is 15.8. The molecule has 8 nitrogen and oxygen atoms in total. The number of aromatic carboxylic acids is 1. The molecule has 2 heterocycles. The third kappa shape index (κ3) is 3.25. The van der Waals surface area contributed by atoms with Crippen LogP contribution in [0.25, 0.3) is 0 Å². The van der Waals surface area contributed by atoms with Gasteiger partial charge in [-0.15, -0.1) is 0 Å². The Bertz CT molecular complexity index is 815. The van der Waals surface area contributed by atoms with Crippen LogP contribution in [0, 0.1) is 19.8 Å². The average molecular weight is 384 g/mol. The number of aryl methyl sites for hydroxylation is 2. The number of carboxylic acids is 1. The fourth-order valence-electron chi connectivity index (χ4n) is 3.93. The van der Waals surface area contributed by atoms with Gasteiger partial charge in [0.25, 0.3) is 0 Å². The van der Waals surface area contributed by atoms with Gasteiger partial charge in [-0.25, -0.2) is 13.2 Å². The largest absolute Gasteiger partial charge is 0.478 e. The van der Waals surface area contributed by atoms with Gasteiger partial charge >= 0.3 is 5.97 Å². The zero-order valence-electron chi connectivity index (χ0n) is 15.0. The lowest BCUT2D eigenvalue weighted by Crippen LogP contribution is -2.51. The number of furan rings is 1. The lowest BCUT2D eigenvalue weighted by Gasteiger charge is -2.35. The molecule has 26 heavy (non-hydrogen) atoms. The van der Waals surface area contributed by atoms with Gasteiger partial charge in [0.15, 0.2) is 0 Å². The molecule has 0 spiro atoms. The van der Waals surface area contributed by atoms with Crippen LogP contribution in [0.15, 0.2) is 9.31 Å². The summed E-state index contributed by atoms with van der Waals surface area (Å²) in [6.45, 7) is 3.85. The molecule has 1 aliphatic carbocycles. The summed E-state index contributed by atoms with van der Waals surface area (Å²) in [5, 5.41) is 9.36. The normalized spacial score (nSPS) is 19.8. The molecule has 0 atom stereocenters. The molecule has 1 aliphatic heterocycles. The molecule has 1 amide bonds. The van der Waals surface area contributed by atoms with Gasteiger partial charge in [-0.1, -0.05) is 12.8 Å². The lowest BCUT2D eigenvalue weighted by molar-refractivity contribution is -0.136. The summed E-state index contributed by atoms with van der Waals surface area (Å²) in [5.41, 5.74) is -0.313. The van der Waals surface area contributed by atoms with Gasteiger partial charge in [-0.05, 0) is 26.7 Å². The summed E-state index contributed by atoms with van der Waals surface area (Å²) in [4.78, 5) is 25.4. The summed E-state index contributed by atoms with van der Waals surface area (Å²) in [6, 6.07) is 0. The Morgan fingerprint density at radius 1 is 1.04 bits per heavy atom. The molecule has 3 rings (SSSR count). The van der Waals surface area contributed by atoms with Crippen molar-refractivity contribution >= 4 is 21.9 Å². The second-order valence-corrected chi connectivity index (χ2v) is 8.81. The SMILES string of the molecule is Cc1oc(C)c(S(=O)(=O)N2CCN(C(=O)C3CCCC3)CC2)c1C(=O)O. The first kappa shape index (κ1) is 18.9. The first-order chi connectivity index (χ1) is 12.2. The third-order valence-electron chi connectivity index (χ3n) is 5.27. The minimum atomic E-state index is -3.99. The van der Waals surface area contributed by atoms with Crippen molar-refractivity contribution < 1.29 is 27.5 Å². The van der Waals surface area contributed by atoms with Gasteiger partial charge in [-0.3, -0.25) is 4.79 Å². The van der Waals surface area contributed by atoms with Gasteiger partial charge < -0.3 is 14.4 Å². The number of rotatable bonds is 4. The molecule has 1 N–H and O–H groups in total. The summed E-state index contributed by atoms with van der Waals surface area (Å²) < 4.78 is 32.5. The molecule has 9 heteroatoms. The van der Waals surface area contributed by atoms with E-state index in [0.717, 1.165) is 25.7 Å². The number of amides is 1. The lowest BCUT2D eigenvalue weighted by atomic mass is 10.1.